The second kappa shape index (κ2) is 13.5. The first-order valence-electron chi connectivity index (χ1n) is 11.9. The molecule has 0 fully saturated rings. The van der Waals surface area contributed by atoms with Crippen LogP contribution in [0.25, 0.3) is 0 Å². The normalized spacial score (nSPS) is 12.0. The minimum Gasteiger partial charge on any atom is -0.354 e. The van der Waals surface area contributed by atoms with Gasteiger partial charge in [-0.2, -0.15) is 0 Å². The summed E-state index contributed by atoms with van der Waals surface area (Å²) >= 11 is 15.9. The molecular weight excluding hydrogens is 613 g/mol. The van der Waals surface area contributed by atoms with E-state index in [-0.39, 0.29) is 28.1 Å². The number of carbonyl (C=O) groups excluding carboxylic acids is 2. The molecular formula is C27H28BrCl2N3O4S. The molecule has 11 heteroatoms. The number of carbonyl (C=O) groups is 2. The molecule has 1 N–H and O–H groups in total. The fraction of sp³-hybridized carbons (Fsp3) is 0.259. The molecule has 3 aromatic carbocycles. The lowest BCUT2D eigenvalue weighted by Crippen LogP contribution is -2.51. The summed E-state index contributed by atoms with van der Waals surface area (Å²) in [6, 6.07) is 18.6. The molecule has 0 saturated carbocycles. The Morgan fingerprint density at radius 3 is 2.26 bits per heavy atom. The quantitative estimate of drug-likeness (QED) is 0.283. The van der Waals surface area contributed by atoms with Gasteiger partial charge in [-0.15, -0.1) is 0 Å². The standard InChI is InChI=1S/C27H28BrCl2N3O4S/c1-3-15-31-27(35)19(2)32(17-20-9-11-21(28)12-10-20)26(34)18-33(25-14-13-22(29)16-24(25)30)38(36,37)23-7-5-4-6-8-23/h4-14,16,19H,3,15,17-18H2,1-2H3,(H,31,35)/t19-/m1/s1. The first kappa shape index (κ1) is 30.0. The number of nitrogens with one attached hydrogen (secondary N) is 1. The fourth-order valence-corrected chi connectivity index (χ4v) is 5.96. The van der Waals surface area contributed by atoms with Crippen LogP contribution >= 0.6 is 39.1 Å². The maximum absolute atomic E-state index is 13.8. The number of nitrogens with zero attached hydrogens (tertiary/aromatic N) is 2. The van der Waals surface area contributed by atoms with Crippen LogP contribution in [0.5, 0.6) is 0 Å². The van der Waals surface area contributed by atoms with Gasteiger partial charge in [0.25, 0.3) is 10.0 Å². The van der Waals surface area contributed by atoms with Crippen LogP contribution in [0.2, 0.25) is 10.0 Å². The summed E-state index contributed by atoms with van der Waals surface area (Å²) in [6.07, 6.45) is 0.733. The van der Waals surface area contributed by atoms with Crippen LogP contribution in [0.3, 0.4) is 0 Å². The zero-order chi connectivity index (χ0) is 27.9. The molecule has 0 radical (unpaired) electrons. The number of rotatable bonds is 11. The largest absolute Gasteiger partial charge is 0.354 e. The van der Waals surface area contributed by atoms with E-state index in [1.165, 1.54) is 35.2 Å². The molecule has 7 nitrogen and oxygen atoms in total. The van der Waals surface area contributed by atoms with Crippen LogP contribution < -0.4 is 9.62 Å². The molecule has 3 aromatic rings. The van der Waals surface area contributed by atoms with E-state index in [0.29, 0.717) is 11.6 Å². The van der Waals surface area contributed by atoms with Gasteiger partial charge in [0.2, 0.25) is 11.8 Å². The van der Waals surface area contributed by atoms with E-state index in [1.54, 1.807) is 25.1 Å². The molecule has 202 valence electrons. The summed E-state index contributed by atoms with van der Waals surface area (Å²) in [6.45, 7) is 3.52. The highest BCUT2D eigenvalue weighted by Gasteiger charge is 2.33. The summed E-state index contributed by atoms with van der Waals surface area (Å²) in [5.74, 6) is -0.906. The summed E-state index contributed by atoms with van der Waals surface area (Å²) in [5.41, 5.74) is 0.874. The van der Waals surface area contributed by atoms with Gasteiger partial charge in [0, 0.05) is 22.6 Å². The van der Waals surface area contributed by atoms with Gasteiger partial charge in [-0.1, -0.05) is 76.4 Å². The maximum atomic E-state index is 13.8. The Morgan fingerprint density at radius 1 is 1.00 bits per heavy atom. The molecule has 0 aliphatic rings. The lowest BCUT2D eigenvalue weighted by Gasteiger charge is -2.32. The Hall–Kier alpha value is -2.59. The van der Waals surface area contributed by atoms with Gasteiger partial charge in [0.05, 0.1) is 15.6 Å². The summed E-state index contributed by atoms with van der Waals surface area (Å²) in [4.78, 5) is 28.1. The maximum Gasteiger partial charge on any atom is 0.264 e. The average Bonchev–Trinajstić information content (AvgIpc) is 2.90. The molecule has 2 amide bonds. The van der Waals surface area contributed by atoms with Crippen molar-refractivity contribution in [3.8, 4) is 0 Å². The first-order valence-corrected chi connectivity index (χ1v) is 14.9. The first-order chi connectivity index (χ1) is 18.0. The monoisotopic (exact) mass is 639 g/mol. The molecule has 0 saturated heterocycles. The molecule has 0 aliphatic carbocycles. The highest BCUT2D eigenvalue weighted by molar-refractivity contribution is 9.10. The summed E-state index contributed by atoms with van der Waals surface area (Å²) < 4.78 is 29.3. The van der Waals surface area contributed by atoms with Crippen molar-refractivity contribution in [1.29, 1.82) is 0 Å². The van der Waals surface area contributed by atoms with Gasteiger partial charge in [-0.3, -0.25) is 13.9 Å². The molecule has 0 aromatic heterocycles. The number of halogens is 3. The van der Waals surface area contributed by atoms with Crippen LogP contribution in [0.1, 0.15) is 25.8 Å². The third-order valence-electron chi connectivity index (χ3n) is 5.77. The van der Waals surface area contributed by atoms with Crippen molar-refractivity contribution in [3.63, 3.8) is 0 Å². The highest BCUT2D eigenvalue weighted by atomic mass is 79.9. The number of anilines is 1. The minimum absolute atomic E-state index is 0.00739. The second-order valence-electron chi connectivity index (χ2n) is 8.54. The zero-order valence-electron chi connectivity index (χ0n) is 20.9. The highest BCUT2D eigenvalue weighted by Crippen LogP contribution is 2.33. The molecule has 3 rings (SSSR count). The van der Waals surface area contributed by atoms with E-state index in [0.717, 1.165) is 20.8 Å². The number of benzene rings is 3. The predicted molar refractivity (Wildman–Crippen MR) is 155 cm³/mol. The summed E-state index contributed by atoms with van der Waals surface area (Å²) in [5, 5.41) is 3.20. The smallest absolute Gasteiger partial charge is 0.264 e. The third-order valence-corrected chi connectivity index (χ3v) is 8.61. The molecule has 0 bridgehead atoms. The van der Waals surface area contributed by atoms with Crippen LogP contribution in [0, 0.1) is 0 Å². The molecule has 1 atom stereocenters. The van der Waals surface area contributed by atoms with Crippen molar-refractivity contribution in [1.82, 2.24) is 10.2 Å². The van der Waals surface area contributed by atoms with Crippen molar-refractivity contribution in [2.45, 2.75) is 37.8 Å². The number of sulfonamides is 1. The Kier molecular flexibility index (Phi) is 10.6. The van der Waals surface area contributed by atoms with Crippen LogP contribution in [0.15, 0.2) is 82.2 Å². The van der Waals surface area contributed by atoms with E-state index in [2.05, 4.69) is 21.2 Å². The Morgan fingerprint density at radius 2 is 1.66 bits per heavy atom. The average molecular weight is 641 g/mol. The predicted octanol–water partition coefficient (Wildman–Crippen LogP) is 5.89. The molecule has 38 heavy (non-hydrogen) atoms. The minimum atomic E-state index is -4.21. The van der Waals surface area contributed by atoms with Crippen molar-refractivity contribution < 1.29 is 18.0 Å². The topological polar surface area (TPSA) is 86.8 Å². The van der Waals surface area contributed by atoms with Crippen LogP contribution in [-0.4, -0.2) is 44.3 Å². The fourth-order valence-electron chi connectivity index (χ4n) is 3.68. The van der Waals surface area contributed by atoms with Crippen molar-refractivity contribution >= 4 is 66.7 Å². The van der Waals surface area contributed by atoms with Gasteiger partial charge >= 0.3 is 0 Å². The van der Waals surface area contributed by atoms with Crippen LogP contribution in [0.4, 0.5) is 5.69 Å². The Labute approximate surface area is 241 Å². The number of hydrogen-bond donors (Lipinski definition) is 1. The lowest BCUT2D eigenvalue weighted by atomic mass is 10.1. The van der Waals surface area contributed by atoms with E-state index in [1.807, 2.05) is 31.2 Å². The van der Waals surface area contributed by atoms with Crippen LogP contribution in [-0.2, 0) is 26.2 Å². The Bertz CT molecular complexity index is 1370. The summed E-state index contributed by atoms with van der Waals surface area (Å²) in [7, 11) is -4.21. The Balaban J connectivity index is 2.03. The van der Waals surface area contributed by atoms with Gasteiger partial charge < -0.3 is 10.2 Å². The van der Waals surface area contributed by atoms with E-state index >= 15 is 0 Å². The molecule has 0 aliphatic heterocycles. The lowest BCUT2D eigenvalue weighted by molar-refractivity contribution is -0.139. The zero-order valence-corrected chi connectivity index (χ0v) is 24.8. The molecule has 0 spiro atoms. The van der Waals surface area contributed by atoms with Crippen molar-refractivity contribution in [2.24, 2.45) is 0 Å². The van der Waals surface area contributed by atoms with Crippen molar-refractivity contribution in [3.05, 3.63) is 92.9 Å². The van der Waals surface area contributed by atoms with Gasteiger partial charge in [0.1, 0.15) is 12.6 Å². The van der Waals surface area contributed by atoms with E-state index in [4.69, 9.17) is 23.2 Å². The van der Waals surface area contributed by atoms with E-state index in [9.17, 15) is 18.0 Å². The molecule has 0 heterocycles. The second-order valence-corrected chi connectivity index (χ2v) is 12.2. The number of hydrogen-bond acceptors (Lipinski definition) is 4. The third kappa shape index (κ3) is 7.50. The van der Waals surface area contributed by atoms with Gasteiger partial charge in [0.15, 0.2) is 0 Å². The van der Waals surface area contributed by atoms with Crippen molar-refractivity contribution in [2.75, 3.05) is 17.4 Å². The SMILES string of the molecule is CCCNC(=O)[C@@H](C)N(Cc1ccc(Br)cc1)C(=O)CN(c1ccc(Cl)cc1Cl)S(=O)(=O)c1ccccc1. The number of amides is 2. The van der Waals surface area contributed by atoms with Gasteiger partial charge in [-0.05, 0) is 61.4 Å². The van der Waals surface area contributed by atoms with E-state index < -0.39 is 28.5 Å². The van der Waals surface area contributed by atoms with Gasteiger partial charge in [-0.25, -0.2) is 8.42 Å². The molecule has 0 unspecified atom stereocenters.